The fourth-order valence-electron chi connectivity index (χ4n) is 4.77. The van der Waals surface area contributed by atoms with Crippen molar-refractivity contribution < 1.29 is 0 Å². The first-order chi connectivity index (χ1) is 9.78. The van der Waals surface area contributed by atoms with Crippen molar-refractivity contribution in [2.24, 2.45) is 5.92 Å². The lowest BCUT2D eigenvalue weighted by Crippen LogP contribution is -2.60. The van der Waals surface area contributed by atoms with Gasteiger partial charge in [0.2, 0.25) is 0 Å². The van der Waals surface area contributed by atoms with E-state index in [2.05, 4.69) is 29.1 Å². The van der Waals surface area contributed by atoms with Crippen LogP contribution in [0.1, 0.15) is 51.9 Å². The quantitative estimate of drug-likeness (QED) is 0.855. The van der Waals surface area contributed by atoms with E-state index < -0.39 is 0 Å². The molecule has 1 N–H and O–H groups in total. The molecule has 0 bridgehead atoms. The second kappa shape index (κ2) is 6.76. The monoisotopic (exact) mass is 279 g/mol. The van der Waals surface area contributed by atoms with Gasteiger partial charge in [0.25, 0.3) is 0 Å². The molecule has 0 aromatic rings. The highest BCUT2D eigenvalue weighted by atomic mass is 15.3. The van der Waals surface area contributed by atoms with Gasteiger partial charge < -0.3 is 5.32 Å². The largest absolute Gasteiger partial charge is 0.317 e. The van der Waals surface area contributed by atoms with Gasteiger partial charge in [0.15, 0.2) is 0 Å². The first-order valence-corrected chi connectivity index (χ1v) is 8.93. The summed E-state index contributed by atoms with van der Waals surface area (Å²) in [5, 5.41) is 3.58. The maximum Gasteiger partial charge on any atom is 0.0223 e. The minimum Gasteiger partial charge on any atom is -0.317 e. The van der Waals surface area contributed by atoms with Gasteiger partial charge >= 0.3 is 0 Å². The molecule has 3 aliphatic rings. The molecule has 2 aliphatic heterocycles. The normalized spacial score (nSPS) is 40.5. The topological polar surface area (TPSA) is 18.5 Å². The van der Waals surface area contributed by atoms with E-state index in [-0.39, 0.29) is 0 Å². The summed E-state index contributed by atoms with van der Waals surface area (Å²) in [6, 6.07) is 2.38. The van der Waals surface area contributed by atoms with Gasteiger partial charge in [-0.1, -0.05) is 19.3 Å². The first kappa shape index (κ1) is 14.8. The maximum absolute atomic E-state index is 3.58. The van der Waals surface area contributed by atoms with Crippen LogP contribution in [0, 0.1) is 5.92 Å². The number of hydrogen-bond acceptors (Lipinski definition) is 3. The number of piperidine rings is 1. The lowest BCUT2D eigenvalue weighted by Gasteiger charge is -2.49. The molecule has 0 spiro atoms. The summed E-state index contributed by atoms with van der Waals surface area (Å²) in [5.74, 6) is 0.881. The van der Waals surface area contributed by atoms with E-state index in [1.807, 2.05) is 0 Å². The minimum absolute atomic E-state index is 0.754. The summed E-state index contributed by atoms with van der Waals surface area (Å²) in [6.07, 6.45) is 10.00. The predicted molar refractivity (Wildman–Crippen MR) is 85.1 cm³/mol. The Kier molecular flexibility index (Phi) is 5.00. The molecule has 3 nitrogen and oxygen atoms in total. The van der Waals surface area contributed by atoms with Crippen LogP contribution in [-0.4, -0.2) is 61.2 Å². The summed E-state index contributed by atoms with van der Waals surface area (Å²) >= 11 is 0. The van der Waals surface area contributed by atoms with Crippen molar-refractivity contribution in [2.45, 2.75) is 70.0 Å². The molecule has 20 heavy (non-hydrogen) atoms. The average Bonchev–Trinajstić information content (AvgIpc) is 2.48. The van der Waals surface area contributed by atoms with E-state index in [1.165, 1.54) is 71.1 Å². The van der Waals surface area contributed by atoms with Crippen LogP contribution in [-0.2, 0) is 0 Å². The Morgan fingerprint density at radius 3 is 2.65 bits per heavy atom. The third kappa shape index (κ3) is 3.20. The summed E-state index contributed by atoms with van der Waals surface area (Å²) < 4.78 is 0. The number of rotatable bonds is 3. The highest BCUT2D eigenvalue weighted by Gasteiger charge is 2.35. The van der Waals surface area contributed by atoms with Crippen LogP contribution in [0.25, 0.3) is 0 Å². The van der Waals surface area contributed by atoms with E-state index in [0.717, 1.165) is 24.0 Å². The molecule has 3 rings (SSSR count). The number of hydrogen-bond donors (Lipinski definition) is 1. The summed E-state index contributed by atoms with van der Waals surface area (Å²) in [6.45, 7) is 7.76. The van der Waals surface area contributed by atoms with Crippen LogP contribution in [0.3, 0.4) is 0 Å². The van der Waals surface area contributed by atoms with Gasteiger partial charge in [-0.25, -0.2) is 0 Å². The second-order valence-electron chi connectivity index (χ2n) is 7.39. The van der Waals surface area contributed by atoms with Crippen molar-refractivity contribution in [1.29, 1.82) is 0 Å². The molecule has 0 aromatic heterocycles. The Hall–Kier alpha value is -0.120. The van der Waals surface area contributed by atoms with Gasteiger partial charge in [-0.15, -0.1) is 0 Å². The number of nitrogens with zero attached hydrogens (tertiary/aromatic N) is 2. The number of fused-ring (bicyclic) bond motifs is 1. The zero-order valence-electron chi connectivity index (χ0n) is 13.5. The Labute approximate surface area is 125 Å². The molecule has 0 amide bonds. The van der Waals surface area contributed by atoms with Gasteiger partial charge in [-0.3, -0.25) is 9.80 Å². The predicted octanol–water partition coefficient (Wildman–Crippen LogP) is 2.32. The van der Waals surface area contributed by atoms with Crippen molar-refractivity contribution in [3.8, 4) is 0 Å². The molecule has 3 heteroatoms. The second-order valence-corrected chi connectivity index (χ2v) is 7.39. The zero-order chi connectivity index (χ0) is 13.9. The van der Waals surface area contributed by atoms with Crippen LogP contribution < -0.4 is 5.32 Å². The van der Waals surface area contributed by atoms with Crippen LogP contribution in [0.4, 0.5) is 0 Å². The van der Waals surface area contributed by atoms with E-state index in [9.17, 15) is 0 Å². The molecule has 4 atom stereocenters. The minimum atomic E-state index is 0.754. The van der Waals surface area contributed by atoms with Crippen molar-refractivity contribution in [2.75, 3.05) is 33.2 Å². The number of piperazine rings is 1. The maximum atomic E-state index is 3.58. The van der Waals surface area contributed by atoms with Crippen molar-refractivity contribution >= 4 is 0 Å². The third-order valence-electron chi connectivity index (χ3n) is 6.07. The molecule has 1 aliphatic carbocycles. The Morgan fingerprint density at radius 2 is 1.80 bits per heavy atom. The first-order valence-electron chi connectivity index (χ1n) is 8.93. The average molecular weight is 279 g/mol. The van der Waals surface area contributed by atoms with Gasteiger partial charge in [0.1, 0.15) is 0 Å². The summed E-state index contributed by atoms with van der Waals surface area (Å²) in [4.78, 5) is 5.58. The van der Waals surface area contributed by atoms with E-state index >= 15 is 0 Å². The number of nitrogens with one attached hydrogen (secondary N) is 1. The molecular formula is C17H33N3. The van der Waals surface area contributed by atoms with Gasteiger partial charge in [0, 0.05) is 37.8 Å². The SMILES string of the molecule is CNC1CCCCC1CN1CC2CCCCN2CC1C. The highest BCUT2D eigenvalue weighted by Crippen LogP contribution is 2.29. The summed E-state index contributed by atoms with van der Waals surface area (Å²) in [5.41, 5.74) is 0. The standard InChI is InChI=1S/C17H33N3/c1-14-11-19-10-6-5-8-16(19)13-20(14)12-15-7-3-4-9-17(15)18-2/h14-18H,3-13H2,1-2H3. The van der Waals surface area contributed by atoms with E-state index in [1.54, 1.807) is 0 Å². The molecule has 3 fully saturated rings. The van der Waals surface area contributed by atoms with Crippen LogP contribution in [0.2, 0.25) is 0 Å². The van der Waals surface area contributed by atoms with Crippen molar-refractivity contribution in [3.05, 3.63) is 0 Å². The van der Waals surface area contributed by atoms with E-state index in [4.69, 9.17) is 0 Å². The molecule has 2 heterocycles. The van der Waals surface area contributed by atoms with Crippen LogP contribution >= 0.6 is 0 Å². The fraction of sp³-hybridized carbons (Fsp3) is 1.00. The molecule has 2 saturated heterocycles. The molecule has 1 saturated carbocycles. The van der Waals surface area contributed by atoms with Crippen molar-refractivity contribution in [1.82, 2.24) is 15.1 Å². The molecule has 0 aromatic carbocycles. The van der Waals surface area contributed by atoms with Gasteiger partial charge in [-0.2, -0.15) is 0 Å². The highest BCUT2D eigenvalue weighted by molar-refractivity contribution is 4.91. The molecule has 0 radical (unpaired) electrons. The fourth-order valence-corrected chi connectivity index (χ4v) is 4.77. The molecular weight excluding hydrogens is 246 g/mol. The Morgan fingerprint density at radius 1 is 1.00 bits per heavy atom. The summed E-state index contributed by atoms with van der Waals surface area (Å²) in [7, 11) is 2.16. The molecule has 4 unspecified atom stereocenters. The van der Waals surface area contributed by atoms with Crippen molar-refractivity contribution in [3.63, 3.8) is 0 Å². The van der Waals surface area contributed by atoms with Gasteiger partial charge in [0.05, 0.1) is 0 Å². The molecule has 116 valence electrons. The Balaban J connectivity index is 1.58. The lowest BCUT2D eigenvalue weighted by atomic mass is 9.83. The lowest BCUT2D eigenvalue weighted by molar-refractivity contribution is 0.00203. The van der Waals surface area contributed by atoms with Gasteiger partial charge in [-0.05, 0) is 52.1 Å². The smallest absolute Gasteiger partial charge is 0.0223 e. The van der Waals surface area contributed by atoms with Crippen LogP contribution in [0.15, 0.2) is 0 Å². The Bertz CT molecular complexity index is 307. The van der Waals surface area contributed by atoms with E-state index in [0.29, 0.717) is 0 Å². The van der Waals surface area contributed by atoms with Crippen LogP contribution in [0.5, 0.6) is 0 Å². The third-order valence-corrected chi connectivity index (χ3v) is 6.07. The zero-order valence-corrected chi connectivity index (χ0v) is 13.5.